The van der Waals surface area contributed by atoms with E-state index in [1.165, 1.54) is 6.33 Å². The number of aliphatic hydroxyl groups excluding tert-OH is 2. The van der Waals surface area contributed by atoms with Crippen molar-refractivity contribution in [3.63, 3.8) is 0 Å². The fourth-order valence-electron chi connectivity index (χ4n) is 6.31. The van der Waals surface area contributed by atoms with Crippen molar-refractivity contribution in [1.82, 2.24) is 39.0 Å². The first-order chi connectivity index (χ1) is 21.7. The van der Waals surface area contributed by atoms with Crippen LogP contribution in [-0.2, 0) is 22.6 Å². The van der Waals surface area contributed by atoms with E-state index in [1.54, 1.807) is 10.9 Å². The van der Waals surface area contributed by atoms with Gasteiger partial charge in [0, 0.05) is 36.1 Å². The van der Waals surface area contributed by atoms with Crippen molar-refractivity contribution in [2.24, 2.45) is 22.7 Å². The summed E-state index contributed by atoms with van der Waals surface area (Å²) < 4.78 is 15.8. The Morgan fingerprint density at radius 1 is 0.978 bits per heavy atom. The highest BCUT2D eigenvalue weighted by molar-refractivity contribution is 6.33. The highest BCUT2D eigenvalue weighted by Crippen LogP contribution is 2.57. The number of nitrogens with two attached hydrogens (primary N) is 2. The molecule has 3 fully saturated rings. The number of ether oxygens (including phenoxy) is 2. The summed E-state index contributed by atoms with van der Waals surface area (Å²) in [6, 6.07) is 10.0. The van der Waals surface area contributed by atoms with Gasteiger partial charge < -0.3 is 40.3 Å². The second kappa shape index (κ2) is 11.3. The fourth-order valence-corrected chi connectivity index (χ4v) is 6.53. The summed E-state index contributed by atoms with van der Waals surface area (Å²) in [6.45, 7) is 2.54. The molecule has 45 heavy (non-hydrogen) atoms. The number of hydrogen-bond acceptors (Lipinski definition) is 12. The third-order valence-corrected chi connectivity index (χ3v) is 9.46. The first-order valence-corrected chi connectivity index (χ1v) is 15.0. The number of nitrogens with one attached hydrogen (secondary N) is 1. The van der Waals surface area contributed by atoms with E-state index < -0.39 is 0 Å². The maximum atomic E-state index is 11.6. The zero-order valence-corrected chi connectivity index (χ0v) is 25.0. The summed E-state index contributed by atoms with van der Waals surface area (Å²) in [5, 5.41) is 18.9. The molecule has 1 unspecified atom stereocenters. The minimum Gasteiger partial charge on any atom is -0.396 e. The van der Waals surface area contributed by atoms with Gasteiger partial charge in [0.05, 0.1) is 32.5 Å². The lowest BCUT2D eigenvalue weighted by Gasteiger charge is -2.19. The van der Waals surface area contributed by atoms with E-state index in [0.717, 1.165) is 24.9 Å². The molecular weight excluding hydrogens is 604 g/mol. The van der Waals surface area contributed by atoms with Gasteiger partial charge in [-0.3, -0.25) is 9.78 Å². The third kappa shape index (κ3) is 5.50. The lowest BCUT2D eigenvalue weighted by atomic mass is 10.1. The van der Waals surface area contributed by atoms with E-state index in [1.807, 2.05) is 34.9 Å². The van der Waals surface area contributed by atoms with Crippen molar-refractivity contribution in [1.29, 1.82) is 0 Å². The molecule has 0 amide bonds. The summed E-state index contributed by atoms with van der Waals surface area (Å²) in [5.41, 5.74) is 13.5. The second-order valence-corrected chi connectivity index (χ2v) is 12.5. The molecule has 1 saturated heterocycles. The molecule has 1 aromatic carbocycles. The number of hydrogen-bond donors (Lipinski definition) is 5. The van der Waals surface area contributed by atoms with E-state index in [2.05, 4.69) is 29.9 Å². The van der Waals surface area contributed by atoms with Crippen molar-refractivity contribution in [2.75, 3.05) is 37.9 Å². The maximum Gasteiger partial charge on any atom is 0.280 e. The Morgan fingerprint density at radius 3 is 2.44 bits per heavy atom. The number of aromatic nitrogens is 8. The number of benzene rings is 1. The van der Waals surface area contributed by atoms with Crippen LogP contribution in [0, 0.1) is 22.7 Å². The Balaban J connectivity index is 0.000000152. The van der Waals surface area contributed by atoms with Crippen LogP contribution in [0.5, 0.6) is 0 Å². The number of imidazole rings is 2. The van der Waals surface area contributed by atoms with E-state index >= 15 is 0 Å². The van der Waals surface area contributed by atoms with Crippen LogP contribution in [0.2, 0.25) is 5.15 Å². The molecule has 0 radical (unpaired) electrons. The fraction of sp³-hybridized carbons (Fsp3) is 0.448. The lowest BCUT2D eigenvalue weighted by Crippen LogP contribution is -2.20. The van der Waals surface area contributed by atoms with Crippen molar-refractivity contribution >= 4 is 45.8 Å². The molecule has 5 atom stereocenters. The molecule has 8 rings (SSSR count). The average molecular weight is 637 g/mol. The van der Waals surface area contributed by atoms with Crippen LogP contribution < -0.4 is 17.0 Å². The number of fused-ring (bicyclic) bond motifs is 3. The summed E-state index contributed by atoms with van der Waals surface area (Å²) in [5.74, 6) is 0.725. The van der Waals surface area contributed by atoms with Gasteiger partial charge in [-0.1, -0.05) is 41.9 Å². The molecule has 1 aliphatic heterocycles. The van der Waals surface area contributed by atoms with Gasteiger partial charge in [-0.15, -0.1) is 0 Å². The molecule has 2 aliphatic carbocycles. The summed E-state index contributed by atoms with van der Waals surface area (Å²) >= 11 is 6.12. The molecule has 2 saturated carbocycles. The standard InChI is InChI=1S/C18H18ClN5O2.C11H15N5O3/c19-14-13-15(23-17(20)22-14)24(10-21-13)8-18-6-12(18)7-25-16(26-9-18)11-4-2-1-3-5-11;12-10-14-8-7(9(19)15-10)13-5-16(8)3-11(4-18)1-6(11)2-17/h1-5,10,12,16H,6-9H2,(H2,20,22,23);5-6,17-18H,1-4H2,(H3,12,14,15,19)/t12-,16?,18-;6-,11-/m00/s1. The number of anilines is 2. The number of aliphatic hydroxyl groups is 2. The first kappa shape index (κ1) is 29.6. The number of halogens is 1. The van der Waals surface area contributed by atoms with Crippen molar-refractivity contribution in [3.05, 3.63) is 64.1 Å². The minimum absolute atomic E-state index is 0.0173. The SMILES string of the molecule is Nc1nc(Cl)c2ncn(C[C@@]34COC(c5ccccc5)OC[C@@H]3C4)c2n1.Nc1nc2c(ncn2C[C@]2(CO)C[C@H]2CO)c(=O)[nH]1. The van der Waals surface area contributed by atoms with Crippen LogP contribution in [-0.4, -0.2) is 75.7 Å². The zero-order valence-electron chi connectivity index (χ0n) is 24.2. The molecule has 0 spiro atoms. The number of aromatic amines is 1. The monoisotopic (exact) mass is 636 g/mol. The van der Waals surface area contributed by atoms with Gasteiger partial charge in [0.1, 0.15) is 5.52 Å². The predicted molar refractivity (Wildman–Crippen MR) is 164 cm³/mol. The summed E-state index contributed by atoms with van der Waals surface area (Å²) in [4.78, 5) is 34.7. The Kier molecular flexibility index (Phi) is 7.44. The zero-order chi connectivity index (χ0) is 31.3. The first-order valence-electron chi connectivity index (χ1n) is 14.6. The van der Waals surface area contributed by atoms with Gasteiger partial charge in [0.25, 0.3) is 5.56 Å². The summed E-state index contributed by atoms with van der Waals surface area (Å²) in [6.07, 6.45) is 4.75. The van der Waals surface area contributed by atoms with Gasteiger partial charge in [-0.25, -0.2) is 9.97 Å². The summed E-state index contributed by atoms with van der Waals surface area (Å²) in [7, 11) is 0. The normalized spacial score (nSPS) is 27.0. The molecule has 0 bridgehead atoms. The predicted octanol–water partition coefficient (Wildman–Crippen LogP) is 1.51. The highest BCUT2D eigenvalue weighted by atomic mass is 35.5. The lowest BCUT2D eigenvalue weighted by molar-refractivity contribution is -0.142. The smallest absolute Gasteiger partial charge is 0.280 e. The van der Waals surface area contributed by atoms with Crippen molar-refractivity contribution in [3.8, 4) is 0 Å². The van der Waals surface area contributed by atoms with E-state index in [4.69, 9.17) is 32.5 Å². The van der Waals surface area contributed by atoms with Crippen LogP contribution in [0.15, 0.2) is 47.8 Å². The van der Waals surface area contributed by atoms with Gasteiger partial charge in [0.15, 0.2) is 28.3 Å². The highest BCUT2D eigenvalue weighted by Gasteiger charge is 2.56. The van der Waals surface area contributed by atoms with Crippen LogP contribution in [0.1, 0.15) is 24.7 Å². The van der Waals surface area contributed by atoms with Crippen molar-refractivity contribution in [2.45, 2.75) is 32.2 Å². The maximum absolute atomic E-state index is 11.6. The van der Waals surface area contributed by atoms with E-state index in [-0.39, 0.29) is 64.4 Å². The molecule has 5 aromatic rings. The van der Waals surface area contributed by atoms with E-state index in [9.17, 15) is 15.0 Å². The molecule has 15 nitrogen and oxygen atoms in total. The number of nitrogens with zero attached hydrogens (tertiary/aromatic N) is 7. The van der Waals surface area contributed by atoms with Crippen LogP contribution in [0.25, 0.3) is 22.3 Å². The quantitative estimate of drug-likeness (QED) is 0.161. The molecular formula is C29H33ClN10O5. The van der Waals surface area contributed by atoms with E-state index in [0.29, 0.717) is 42.5 Å². The van der Waals surface area contributed by atoms with Crippen LogP contribution >= 0.6 is 11.6 Å². The van der Waals surface area contributed by atoms with Crippen LogP contribution in [0.3, 0.4) is 0 Å². The topological polar surface area (TPSA) is 218 Å². The van der Waals surface area contributed by atoms with Gasteiger partial charge >= 0.3 is 0 Å². The molecule has 7 N–H and O–H groups in total. The van der Waals surface area contributed by atoms with Gasteiger partial charge in [-0.2, -0.15) is 15.0 Å². The third-order valence-electron chi connectivity index (χ3n) is 9.20. The largest absolute Gasteiger partial charge is 0.396 e. The molecule has 16 heteroatoms. The average Bonchev–Trinajstić information content (AvgIpc) is 3.82. The Hall–Kier alpha value is -4.15. The Morgan fingerprint density at radius 2 is 1.71 bits per heavy atom. The second-order valence-electron chi connectivity index (χ2n) is 12.2. The van der Waals surface area contributed by atoms with Crippen LogP contribution in [0.4, 0.5) is 11.9 Å². The van der Waals surface area contributed by atoms with Crippen molar-refractivity contribution < 1.29 is 19.7 Å². The molecule has 4 aromatic heterocycles. The number of rotatable bonds is 7. The van der Waals surface area contributed by atoms with Gasteiger partial charge in [-0.05, 0) is 24.7 Å². The number of H-pyrrole nitrogens is 1. The molecule has 236 valence electrons. The number of nitrogen functional groups attached to an aromatic ring is 2. The van der Waals surface area contributed by atoms with Gasteiger partial charge in [0.2, 0.25) is 11.9 Å². The minimum atomic E-state index is -0.381. The Labute approximate surface area is 261 Å². The molecule has 3 aliphatic rings. The Bertz CT molecular complexity index is 1910. The molecule has 5 heterocycles.